The summed E-state index contributed by atoms with van der Waals surface area (Å²) in [5.41, 5.74) is 1.55. The third kappa shape index (κ3) is 2.99. The first-order valence-corrected chi connectivity index (χ1v) is 7.68. The summed E-state index contributed by atoms with van der Waals surface area (Å²) in [5.74, 6) is -0.329. The lowest BCUT2D eigenvalue weighted by molar-refractivity contribution is 0.337. The Morgan fingerprint density at radius 2 is 1.72 bits per heavy atom. The van der Waals surface area contributed by atoms with Gasteiger partial charge in [-0.2, -0.15) is 0 Å². The van der Waals surface area contributed by atoms with E-state index in [1.807, 2.05) is 42.5 Å². The molecule has 0 bridgehead atoms. The number of oxazole rings is 1. The highest BCUT2D eigenvalue weighted by Gasteiger charge is 2.14. The Kier molecular flexibility index (Phi) is 3.74. The predicted molar refractivity (Wildman–Crippen MR) is 94.8 cm³/mol. The van der Waals surface area contributed by atoms with Crippen LogP contribution in [0.1, 0.15) is 5.69 Å². The smallest absolute Gasteiger partial charge is 0.312 e. The largest absolute Gasteiger partial charge is 0.479 e. The number of fused-ring (bicyclic) bond motifs is 1. The van der Waals surface area contributed by atoms with Crippen LogP contribution >= 0.6 is 0 Å². The third-order valence-electron chi connectivity index (χ3n) is 3.82. The van der Waals surface area contributed by atoms with E-state index in [2.05, 4.69) is 9.98 Å². The molecule has 0 fully saturated rings. The number of halogens is 1. The van der Waals surface area contributed by atoms with Crippen molar-refractivity contribution in [2.75, 3.05) is 0 Å². The topological polar surface area (TPSA) is 58.6 Å². The number of rotatable bonds is 3. The van der Waals surface area contributed by atoms with Crippen molar-refractivity contribution in [3.05, 3.63) is 78.2 Å². The van der Waals surface area contributed by atoms with Gasteiger partial charge in [0.25, 0.3) is 0 Å². The second kappa shape index (κ2) is 6.20. The summed E-state index contributed by atoms with van der Waals surface area (Å²) in [7, 11) is 0. The molecule has 0 radical (unpaired) electrons. The van der Waals surface area contributed by atoms with Crippen molar-refractivity contribution in [3.8, 4) is 17.4 Å². The lowest BCUT2D eigenvalue weighted by Gasteiger charge is -2.01. The molecule has 25 heavy (non-hydrogen) atoms. The Morgan fingerprint density at radius 3 is 2.56 bits per heavy atom. The first-order chi connectivity index (χ1) is 12.2. The average Bonchev–Trinajstić information content (AvgIpc) is 3.01. The van der Waals surface area contributed by atoms with E-state index < -0.39 is 0 Å². The van der Waals surface area contributed by atoms with Crippen LogP contribution in [0.15, 0.2) is 76.1 Å². The van der Waals surface area contributed by atoms with Crippen LogP contribution in [0.2, 0.25) is 0 Å². The highest BCUT2D eigenvalue weighted by molar-refractivity contribution is 5.95. The van der Waals surface area contributed by atoms with Crippen molar-refractivity contribution in [2.45, 2.75) is 0 Å². The highest BCUT2D eigenvalue weighted by Crippen LogP contribution is 2.31. The number of benzene rings is 3. The van der Waals surface area contributed by atoms with Crippen molar-refractivity contribution >= 4 is 22.7 Å². The van der Waals surface area contributed by atoms with E-state index in [0.717, 1.165) is 16.3 Å². The molecular formula is C20H13FN2O2. The summed E-state index contributed by atoms with van der Waals surface area (Å²) < 4.78 is 18.3. The molecule has 0 aliphatic carbocycles. The molecule has 3 aromatic carbocycles. The molecule has 0 aliphatic rings. The maximum Gasteiger partial charge on any atom is 0.312 e. The SMILES string of the molecule is Oc1oc(-c2cccc3ccccc23)nc1C=Nc1ccc(F)cc1. The van der Waals surface area contributed by atoms with Gasteiger partial charge in [0, 0.05) is 5.56 Å². The summed E-state index contributed by atoms with van der Waals surface area (Å²) in [6.07, 6.45) is 1.39. The molecule has 1 N–H and O–H groups in total. The fourth-order valence-corrected chi connectivity index (χ4v) is 2.60. The monoisotopic (exact) mass is 332 g/mol. The third-order valence-corrected chi connectivity index (χ3v) is 3.82. The number of aromatic nitrogens is 1. The molecule has 4 rings (SSSR count). The number of hydrogen-bond donors (Lipinski definition) is 1. The summed E-state index contributed by atoms with van der Waals surface area (Å²) in [6.45, 7) is 0. The van der Waals surface area contributed by atoms with Gasteiger partial charge >= 0.3 is 5.95 Å². The van der Waals surface area contributed by atoms with Gasteiger partial charge in [0.2, 0.25) is 5.89 Å². The maximum absolute atomic E-state index is 12.9. The number of hydrogen-bond acceptors (Lipinski definition) is 4. The van der Waals surface area contributed by atoms with Gasteiger partial charge in [0.1, 0.15) is 5.82 Å². The fourth-order valence-electron chi connectivity index (χ4n) is 2.60. The average molecular weight is 332 g/mol. The van der Waals surface area contributed by atoms with Crippen molar-refractivity contribution in [3.63, 3.8) is 0 Å². The minimum atomic E-state index is -0.332. The van der Waals surface area contributed by atoms with Crippen molar-refractivity contribution in [2.24, 2.45) is 4.99 Å². The lowest BCUT2D eigenvalue weighted by atomic mass is 10.0. The Bertz CT molecular complexity index is 1060. The van der Waals surface area contributed by atoms with Gasteiger partial charge in [-0.15, -0.1) is 0 Å². The van der Waals surface area contributed by atoms with E-state index in [9.17, 15) is 9.50 Å². The standard InChI is InChI=1S/C20H13FN2O2/c21-14-8-10-15(11-9-14)22-12-18-20(24)25-19(23-18)17-7-3-5-13-4-1-2-6-16(13)17/h1-12,24H. The Morgan fingerprint density at radius 1 is 0.960 bits per heavy atom. The molecule has 0 atom stereocenters. The van der Waals surface area contributed by atoms with Crippen LogP contribution in [0, 0.1) is 5.82 Å². The van der Waals surface area contributed by atoms with Gasteiger partial charge in [0.05, 0.1) is 11.9 Å². The highest BCUT2D eigenvalue weighted by atomic mass is 19.1. The molecular weight excluding hydrogens is 319 g/mol. The van der Waals surface area contributed by atoms with E-state index in [1.54, 1.807) is 0 Å². The Hall–Kier alpha value is -3.47. The van der Waals surface area contributed by atoms with E-state index in [0.29, 0.717) is 11.6 Å². The second-order valence-corrected chi connectivity index (χ2v) is 5.47. The Balaban J connectivity index is 1.71. The number of aliphatic imine (C=N–C) groups is 1. The molecule has 0 saturated carbocycles. The van der Waals surface area contributed by atoms with Gasteiger partial charge in [-0.05, 0) is 41.1 Å². The zero-order valence-corrected chi connectivity index (χ0v) is 13.1. The van der Waals surface area contributed by atoms with Crippen molar-refractivity contribution < 1.29 is 13.9 Å². The van der Waals surface area contributed by atoms with E-state index in [-0.39, 0.29) is 17.5 Å². The molecule has 4 aromatic rings. The van der Waals surface area contributed by atoms with Crippen LogP contribution in [0.4, 0.5) is 10.1 Å². The molecule has 1 aromatic heterocycles. The molecule has 0 aliphatic heterocycles. The minimum absolute atomic E-state index is 0.215. The molecule has 5 heteroatoms. The molecule has 0 unspecified atom stereocenters. The van der Waals surface area contributed by atoms with Crippen LogP contribution in [0.25, 0.3) is 22.2 Å². The second-order valence-electron chi connectivity index (χ2n) is 5.47. The number of aromatic hydroxyl groups is 1. The van der Waals surface area contributed by atoms with Crippen LogP contribution in [0.3, 0.4) is 0 Å². The van der Waals surface area contributed by atoms with Crippen LogP contribution in [0.5, 0.6) is 5.95 Å². The quantitative estimate of drug-likeness (QED) is 0.532. The molecule has 0 amide bonds. The van der Waals surface area contributed by atoms with Crippen LogP contribution < -0.4 is 0 Å². The zero-order valence-electron chi connectivity index (χ0n) is 13.1. The van der Waals surface area contributed by atoms with Gasteiger partial charge < -0.3 is 9.52 Å². The van der Waals surface area contributed by atoms with Crippen molar-refractivity contribution in [1.29, 1.82) is 0 Å². The minimum Gasteiger partial charge on any atom is -0.479 e. The van der Waals surface area contributed by atoms with Gasteiger partial charge in [-0.25, -0.2) is 9.37 Å². The molecule has 4 nitrogen and oxygen atoms in total. The first-order valence-electron chi connectivity index (χ1n) is 7.68. The van der Waals surface area contributed by atoms with Gasteiger partial charge in [-0.3, -0.25) is 4.99 Å². The molecule has 0 saturated heterocycles. The number of nitrogens with zero attached hydrogens (tertiary/aromatic N) is 2. The van der Waals surface area contributed by atoms with Crippen LogP contribution in [-0.4, -0.2) is 16.3 Å². The summed E-state index contributed by atoms with van der Waals surface area (Å²) in [6, 6.07) is 19.4. The molecule has 0 spiro atoms. The Labute approximate surface area is 142 Å². The fraction of sp³-hybridized carbons (Fsp3) is 0. The van der Waals surface area contributed by atoms with Gasteiger partial charge in [-0.1, -0.05) is 36.4 Å². The maximum atomic E-state index is 12.9. The van der Waals surface area contributed by atoms with Crippen LogP contribution in [-0.2, 0) is 0 Å². The summed E-state index contributed by atoms with van der Waals surface area (Å²) >= 11 is 0. The van der Waals surface area contributed by atoms with E-state index in [1.165, 1.54) is 30.5 Å². The molecule has 1 heterocycles. The summed E-state index contributed by atoms with van der Waals surface area (Å²) in [4.78, 5) is 8.50. The van der Waals surface area contributed by atoms with Gasteiger partial charge in [0.15, 0.2) is 5.69 Å². The van der Waals surface area contributed by atoms with E-state index in [4.69, 9.17) is 4.42 Å². The van der Waals surface area contributed by atoms with Crippen molar-refractivity contribution in [1.82, 2.24) is 4.98 Å². The summed E-state index contributed by atoms with van der Waals surface area (Å²) in [5, 5.41) is 12.0. The normalized spacial score (nSPS) is 11.4. The van der Waals surface area contributed by atoms with E-state index >= 15 is 0 Å². The lowest BCUT2D eigenvalue weighted by Crippen LogP contribution is -1.84. The first kappa shape index (κ1) is 15.1. The molecule has 122 valence electrons. The predicted octanol–water partition coefficient (Wildman–Crippen LogP) is 5.09. The zero-order chi connectivity index (χ0) is 17.2.